The minimum atomic E-state index is -5.05. The number of hydrogen-bond donors (Lipinski definition) is 6. The van der Waals surface area contributed by atoms with Crippen molar-refractivity contribution < 1.29 is 32.6 Å². The van der Waals surface area contributed by atoms with Crippen LogP contribution in [0.1, 0.15) is 33.6 Å². The Hall–Kier alpha value is -0.380. The molecule has 0 saturated carbocycles. The maximum absolute atomic E-state index is 11.1. The van der Waals surface area contributed by atoms with Crippen LogP contribution in [0, 0.1) is 0 Å². The minimum Gasteiger partial charge on any atom is -0.344 e. The third-order valence-corrected chi connectivity index (χ3v) is 4.12. The Kier molecular flexibility index (Phi) is 17.6. The van der Waals surface area contributed by atoms with Crippen LogP contribution in [0.2, 0.25) is 0 Å². The van der Waals surface area contributed by atoms with Crippen LogP contribution in [0.25, 0.3) is 0 Å². The quantitative estimate of drug-likeness (QED) is 0.272. The molecule has 0 aromatic rings. The molecule has 12 N–H and O–H groups in total. The van der Waals surface area contributed by atoms with E-state index in [1.807, 2.05) is 20.8 Å². The van der Waals surface area contributed by atoms with Gasteiger partial charge in [-0.2, -0.15) is 4.31 Å². The number of hydrogen-bond acceptors (Lipinski definition) is 7. The fourth-order valence-corrected chi connectivity index (χ4v) is 2.65. The molecule has 0 bridgehead atoms. The monoisotopic (exact) mass is 365 g/mol. The summed E-state index contributed by atoms with van der Waals surface area (Å²) in [7, 11) is -9.78. The summed E-state index contributed by atoms with van der Waals surface area (Å²) in [6.07, 6.45) is 5.24. The van der Waals surface area contributed by atoms with E-state index in [1.165, 1.54) is 5.57 Å². The molecule has 0 spiro atoms. The molecule has 0 fully saturated rings. The zero-order valence-electron chi connectivity index (χ0n) is 13.3. The molecule has 0 aromatic carbocycles. The van der Waals surface area contributed by atoms with Gasteiger partial charge in [-0.3, -0.25) is 4.52 Å². The SMILES string of the molecule is CC(C)=CCC/C(C)=C/COP(=O)(O)OP(=O)(O)O.N.N.N. The van der Waals surface area contributed by atoms with E-state index in [0.29, 0.717) is 0 Å². The highest BCUT2D eigenvalue weighted by Crippen LogP contribution is 2.57. The molecular formula is C10H29N3O7P2. The first-order valence-corrected chi connectivity index (χ1v) is 8.57. The molecule has 0 aromatic heterocycles. The molecular weight excluding hydrogens is 336 g/mol. The minimum absolute atomic E-state index is 0. The van der Waals surface area contributed by atoms with Crippen LogP contribution in [0.15, 0.2) is 23.3 Å². The van der Waals surface area contributed by atoms with Crippen molar-refractivity contribution in [2.24, 2.45) is 0 Å². The van der Waals surface area contributed by atoms with Crippen LogP contribution in [0.5, 0.6) is 0 Å². The molecule has 10 nitrogen and oxygen atoms in total. The summed E-state index contributed by atoms with van der Waals surface area (Å²) < 4.78 is 29.5. The molecule has 0 aliphatic rings. The van der Waals surface area contributed by atoms with Gasteiger partial charge in [0.05, 0.1) is 6.61 Å². The Bertz CT molecular complexity index is 444. The van der Waals surface area contributed by atoms with Crippen molar-refractivity contribution in [3.8, 4) is 0 Å². The van der Waals surface area contributed by atoms with Gasteiger partial charge in [-0.1, -0.05) is 23.3 Å². The molecule has 0 aliphatic heterocycles. The second-order valence-electron chi connectivity index (χ2n) is 4.21. The fraction of sp³-hybridized carbons (Fsp3) is 0.600. The Morgan fingerprint density at radius 3 is 1.91 bits per heavy atom. The van der Waals surface area contributed by atoms with Gasteiger partial charge in [-0.25, -0.2) is 9.13 Å². The van der Waals surface area contributed by atoms with Crippen molar-refractivity contribution in [1.82, 2.24) is 18.5 Å². The lowest BCUT2D eigenvalue weighted by Gasteiger charge is -2.11. The lowest BCUT2D eigenvalue weighted by molar-refractivity contribution is 0.191. The van der Waals surface area contributed by atoms with Gasteiger partial charge in [0.1, 0.15) is 0 Å². The van der Waals surface area contributed by atoms with E-state index in [0.717, 1.165) is 18.4 Å². The molecule has 0 heterocycles. The predicted molar refractivity (Wildman–Crippen MR) is 86.4 cm³/mol. The number of allylic oxidation sites excluding steroid dienone is 3. The van der Waals surface area contributed by atoms with Gasteiger partial charge < -0.3 is 33.1 Å². The van der Waals surface area contributed by atoms with E-state index >= 15 is 0 Å². The largest absolute Gasteiger partial charge is 0.481 e. The second-order valence-corrected chi connectivity index (χ2v) is 7.04. The van der Waals surface area contributed by atoms with Gasteiger partial charge in [0.2, 0.25) is 0 Å². The van der Waals surface area contributed by atoms with E-state index in [-0.39, 0.29) is 25.1 Å². The Morgan fingerprint density at radius 2 is 1.50 bits per heavy atom. The van der Waals surface area contributed by atoms with Gasteiger partial charge in [0, 0.05) is 0 Å². The maximum atomic E-state index is 11.1. The summed E-state index contributed by atoms with van der Waals surface area (Å²) in [6.45, 7) is 5.55. The number of phosphoric ester groups is 1. The molecule has 22 heavy (non-hydrogen) atoms. The highest BCUT2D eigenvalue weighted by molar-refractivity contribution is 7.60. The van der Waals surface area contributed by atoms with E-state index in [4.69, 9.17) is 14.7 Å². The summed E-state index contributed by atoms with van der Waals surface area (Å²) in [5.41, 5.74) is 2.15. The van der Waals surface area contributed by atoms with Crippen molar-refractivity contribution in [3.05, 3.63) is 23.3 Å². The maximum Gasteiger partial charge on any atom is 0.481 e. The molecule has 1 unspecified atom stereocenters. The summed E-state index contributed by atoms with van der Waals surface area (Å²) in [6, 6.07) is 0. The summed E-state index contributed by atoms with van der Waals surface area (Å²) in [5, 5.41) is 0. The Balaban J connectivity index is -0.000000540. The van der Waals surface area contributed by atoms with Crippen LogP contribution in [0.3, 0.4) is 0 Å². The van der Waals surface area contributed by atoms with Gasteiger partial charge in [-0.15, -0.1) is 0 Å². The van der Waals surface area contributed by atoms with Gasteiger partial charge in [-0.05, 0) is 33.6 Å². The molecule has 0 aliphatic carbocycles. The lowest BCUT2D eigenvalue weighted by atomic mass is 10.1. The van der Waals surface area contributed by atoms with Crippen molar-refractivity contribution in [2.45, 2.75) is 33.6 Å². The molecule has 136 valence electrons. The first-order valence-electron chi connectivity index (χ1n) is 5.55. The molecule has 0 rings (SSSR count). The Labute approximate surface area is 131 Å². The van der Waals surface area contributed by atoms with Gasteiger partial charge >= 0.3 is 15.6 Å². The van der Waals surface area contributed by atoms with E-state index in [9.17, 15) is 9.13 Å². The third-order valence-electron chi connectivity index (χ3n) is 1.97. The molecule has 1 atom stereocenters. The number of rotatable bonds is 8. The third kappa shape index (κ3) is 19.6. The van der Waals surface area contributed by atoms with Crippen molar-refractivity contribution in [3.63, 3.8) is 0 Å². The van der Waals surface area contributed by atoms with Crippen LogP contribution in [0.4, 0.5) is 0 Å². The zero-order chi connectivity index (χ0) is 15.1. The van der Waals surface area contributed by atoms with Gasteiger partial charge in [0.25, 0.3) is 0 Å². The average molecular weight is 365 g/mol. The van der Waals surface area contributed by atoms with E-state index < -0.39 is 15.6 Å². The van der Waals surface area contributed by atoms with Gasteiger partial charge in [0.15, 0.2) is 0 Å². The molecule has 0 amide bonds. The first kappa shape index (κ1) is 29.6. The smallest absolute Gasteiger partial charge is 0.344 e. The van der Waals surface area contributed by atoms with Crippen molar-refractivity contribution in [2.75, 3.05) is 6.61 Å². The molecule has 12 heteroatoms. The van der Waals surface area contributed by atoms with Crippen LogP contribution in [-0.2, 0) is 18.0 Å². The van der Waals surface area contributed by atoms with Crippen molar-refractivity contribution in [1.29, 1.82) is 0 Å². The lowest BCUT2D eigenvalue weighted by Crippen LogP contribution is -1.94. The summed E-state index contributed by atoms with van der Waals surface area (Å²) >= 11 is 0. The van der Waals surface area contributed by atoms with Crippen LogP contribution < -0.4 is 18.5 Å². The Morgan fingerprint density at radius 1 is 1.00 bits per heavy atom. The highest BCUT2D eigenvalue weighted by Gasteiger charge is 2.31. The molecule has 0 saturated heterocycles. The standard InChI is InChI=1S/C10H20O7P2.3H3N/c1-9(2)5-4-6-10(3)7-8-16-19(14,15)17-18(11,12)13;;;/h5,7H,4,6,8H2,1-3H3,(H,14,15)(H2,11,12,13);3*1H3/b10-7+;;;. The average Bonchev–Trinajstić information content (AvgIpc) is 2.12. The first-order chi connectivity index (χ1) is 8.52. The summed E-state index contributed by atoms with van der Waals surface area (Å²) in [4.78, 5) is 25.8. The van der Waals surface area contributed by atoms with Crippen LogP contribution >= 0.6 is 15.6 Å². The van der Waals surface area contributed by atoms with E-state index in [1.54, 1.807) is 6.08 Å². The van der Waals surface area contributed by atoms with Crippen molar-refractivity contribution >= 4 is 15.6 Å². The fourth-order valence-electron chi connectivity index (χ4n) is 1.12. The normalized spacial score (nSPS) is 13.8. The van der Waals surface area contributed by atoms with Crippen LogP contribution in [-0.4, -0.2) is 21.3 Å². The summed E-state index contributed by atoms with van der Waals surface area (Å²) in [5.74, 6) is 0. The van der Waals surface area contributed by atoms with E-state index in [2.05, 4.69) is 14.9 Å². The second kappa shape index (κ2) is 13.1. The predicted octanol–water partition coefficient (Wildman–Crippen LogP) is 3.39. The molecule has 0 radical (unpaired) electrons. The highest BCUT2D eigenvalue weighted by atomic mass is 31.3. The zero-order valence-corrected chi connectivity index (χ0v) is 15.1. The number of phosphoric acid groups is 2. The topological polar surface area (TPSA) is 218 Å².